The lowest BCUT2D eigenvalue weighted by Gasteiger charge is -2.28. The molecule has 13 heteroatoms. The van der Waals surface area contributed by atoms with E-state index in [1.807, 2.05) is 0 Å². The lowest BCUT2D eigenvalue weighted by atomic mass is 10.1. The van der Waals surface area contributed by atoms with Gasteiger partial charge in [-0.2, -0.15) is 0 Å². The van der Waals surface area contributed by atoms with Crippen LogP contribution in [0.15, 0.2) is 35.1 Å². The largest absolute Gasteiger partial charge is 0.403 e. The second-order valence-electron chi connectivity index (χ2n) is 7.44. The number of amides is 1. The van der Waals surface area contributed by atoms with E-state index in [9.17, 15) is 22.4 Å². The average molecular weight is 486 g/mol. The highest BCUT2D eigenvalue weighted by Crippen LogP contribution is 2.33. The molecular formula is C20H23F4N7OS. The number of amidine groups is 1. The van der Waals surface area contributed by atoms with E-state index in [2.05, 4.69) is 15.3 Å². The van der Waals surface area contributed by atoms with Gasteiger partial charge < -0.3 is 27.4 Å². The van der Waals surface area contributed by atoms with Gasteiger partial charge in [-0.3, -0.25) is 9.79 Å². The van der Waals surface area contributed by atoms with Crippen molar-refractivity contribution in [2.24, 2.45) is 16.5 Å². The van der Waals surface area contributed by atoms with Crippen LogP contribution < -0.4 is 22.5 Å². The molecule has 0 radical (unpaired) electrons. The molecule has 8 nitrogen and oxygen atoms in total. The standard InChI is InChI=1S/C20H23F4N7OS/c1-28-17(31-6-5-10(26)7-20(23,24)9-31)13(8-25)29-18(32)15-16(27)33-19(30-15)14-11(21)3-2-4-12(14)22/h2-4,8,10H,5-7,9,25-27H2,1H3,(H,29,32)/t10-/m0/s1. The van der Waals surface area contributed by atoms with Crippen molar-refractivity contribution in [3.63, 3.8) is 0 Å². The van der Waals surface area contributed by atoms with Crippen LogP contribution >= 0.6 is 11.3 Å². The highest BCUT2D eigenvalue weighted by atomic mass is 32.1. The van der Waals surface area contributed by atoms with Gasteiger partial charge in [-0.15, -0.1) is 0 Å². The Morgan fingerprint density at radius 3 is 2.64 bits per heavy atom. The first kappa shape index (κ1) is 24.5. The van der Waals surface area contributed by atoms with Crippen LogP contribution in [0.4, 0.5) is 22.6 Å². The number of nitrogens with one attached hydrogen (secondary N) is 1. The number of nitrogens with zero attached hydrogens (tertiary/aromatic N) is 3. The van der Waals surface area contributed by atoms with Crippen LogP contribution in [0.3, 0.4) is 0 Å². The maximum absolute atomic E-state index is 14.2. The molecule has 178 valence electrons. The number of benzene rings is 1. The minimum Gasteiger partial charge on any atom is -0.403 e. The van der Waals surface area contributed by atoms with Gasteiger partial charge >= 0.3 is 0 Å². The highest BCUT2D eigenvalue weighted by Gasteiger charge is 2.38. The monoisotopic (exact) mass is 485 g/mol. The van der Waals surface area contributed by atoms with E-state index in [-0.39, 0.29) is 40.2 Å². The summed E-state index contributed by atoms with van der Waals surface area (Å²) in [4.78, 5) is 22.1. The van der Waals surface area contributed by atoms with Crippen molar-refractivity contribution in [1.29, 1.82) is 0 Å². The van der Waals surface area contributed by atoms with Gasteiger partial charge in [-0.25, -0.2) is 22.5 Å². The van der Waals surface area contributed by atoms with Gasteiger partial charge in [-0.1, -0.05) is 17.4 Å². The Hall–Kier alpha value is -3.19. The quantitative estimate of drug-likeness (QED) is 0.298. The molecule has 0 unspecified atom stereocenters. The van der Waals surface area contributed by atoms with Crippen LogP contribution in [0, 0.1) is 11.6 Å². The second kappa shape index (κ2) is 9.75. The Labute approximate surface area is 191 Å². The third kappa shape index (κ3) is 5.42. The molecule has 1 aliphatic heterocycles. The third-order valence-electron chi connectivity index (χ3n) is 4.97. The van der Waals surface area contributed by atoms with Crippen LogP contribution in [0.2, 0.25) is 0 Å². The zero-order valence-electron chi connectivity index (χ0n) is 17.6. The fraction of sp³-hybridized carbons (Fsp3) is 0.350. The van der Waals surface area contributed by atoms with E-state index in [4.69, 9.17) is 17.2 Å². The van der Waals surface area contributed by atoms with Crippen LogP contribution in [-0.4, -0.2) is 53.7 Å². The van der Waals surface area contributed by atoms with E-state index in [1.54, 1.807) is 0 Å². The summed E-state index contributed by atoms with van der Waals surface area (Å²) in [6.07, 6.45) is 0.819. The molecule has 1 aromatic carbocycles. The van der Waals surface area contributed by atoms with Gasteiger partial charge in [0.2, 0.25) is 0 Å². The Bertz CT molecular complexity index is 1080. The SMILES string of the molecule is CN=C(C(=CN)NC(=O)c1nc(-c2c(F)cccc2F)sc1N)N1CC[C@H](N)CC(F)(F)C1. The molecule has 0 spiro atoms. The number of alkyl halides is 2. The van der Waals surface area contributed by atoms with Gasteiger partial charge in [0.25, 0.3) is 11.8 Å². The summed E-state index contributed by atoms with van der Waals surface area (Å²) in [7, 11) is 1.37. The maximum atomic E-state index is 14.2. The number of thiazole rings is 1. The molecule has 1 atom stereocenters. The molecule has 1 aliphatic rings. The number of likely N-dealkylation sites (tertiary alicyclic amines) is 1. The fourth-order valence-corrected chi connectivity index (χ4v) is 4.38. The third-order valence-corrected chi connectivity index (χ3v) is 5.87. The molecule has 1 fully saturated rings. The summed E-state index contributed by atoms with van der Waals surface area (Å²) in [5.41, 5.74) is 16.5. The molecule has 1 saturated heterocycles. The number of aliphatic imine (C=N–C) groups is 1. The number of carbonyl (C=O) groups is 1. The molecule has 0 aliphatic carbocycles. The van der Waals surface area contributed by atoms with Gasteiger partial charge in [-0.05, 0) is 18.6 Å². The van der Waals surface area contributed by atoms with Gasteiger partial charge in [0.15, 0.2) is 5.69 Å². The number of nitrogens with two attached hydrogens (primary N) is 3. The molecule has 2 heterocycles. The number of anilines is 1. The lowest BCUT2D eigenvalue weighted by Crippen LogP contribution is -2.44. The Kier molecular flexibility index (Phi) is 7.22. The van der Waals surface area contributed by atoms with E-state index in [1.165, 1.54) is 18.0 Å². The van der Waals surface area contributed by atoms with Crippen LogP contribution in [0.25, 0.3) is 10.6 Å². The van der Waals surface area contributed by atoms with Crippen molar-refractivity contribution in [3.05, 3.63) is 47.4 Å². The van der Waals surface area contributed by atoms with Crippen molar-refractivity contribution in [3.8, 4) is 10.6 Å². The minimum atomic E-state index is -3.06. The number of rotatable bonds is 4. The average Bonchev–Trinajstić information content (AvgIpc) is 3.05. The van der Waals surface area contributed by atoms with Crippen molar-refractivity contribution < 1.29 is 22.4 Å². The number of hydrogen-bond acceptors (Lipinski definition) is 7. The molecule has 2 aromatic rings. The zero-order chi connectivity index (χ0) is 24.3. The normalized spacial score (nSPS) is 19.3. The molecule has 0 saturated carbocycles. The summed E-state index contributed by atoms with van der Waals surface area (Å²) < 4.78 is 56.7. The van der Waals surface area contributed by atoms with Gasteiger partial charge in [0.05, 0.1) is 17.8 Å². The van der Waals surface area contributed by atoms with Crippen molar-refractivity contribution in [2.75, 3.05) is 25.9 Å². The number of halogens is 4. The summed E-state index contributed by atoms with van der Waals surface area (Å²) >= 11 is 0.725. The Balaban J connectivity index is 1.85. The first-order chi connectivity index (χ1) is 15.6. The molecule has 3 rings (SSSR count). The minimum absolute atomic E-state index is 0.0220. The highest BCUT2D eigenvalue weighted by molar-refractivity contribution is 7.19. The fourth-order valence-electron chi connectivity index (χ4n) is 3.50. The Morgan fingerprint density at radius 2 is 2.03 bits per heavy atom. The molecule has 7 N–H and O–H groups in total. The number of aromatic nitrogens is 1. The smallest absolute Gasteiger partial charge is 0.277 e. The lowest BCUT2D eigenvalue weighted by molar-refractivity contribution is -0.0203. The summed E-state index contributed by atoms with van der Waals surface area (Å²) in [6.45, 7) is -0.484. The molecule has 33 heavy (non-hydrogen) atoms. The molecular weight excluding hydrogens is 462 g/mol. The van der Waals surface area contributed by atoms with Crippen LogP contribution in [0.1, 0.15) is 23.3 Å². The molecule has 1 aromatic heterocycles. The van der Waals surface area contributed by atoms with E-state index in [0.29, 0.717) is 0 Å². The van der Waals surface area contributed by atoms with Gasteiger partial charge in [0.1, 0.15) is 27.5 Å². The summed E-state index contributed by atoms with van der Waals surface area (Å²) in [6, 6.07) is 2.62. The first-order valence-corrected chi connectivity index (χ1v) is 10.7. The predicted molar refractivity (Wildman–Crippen MR) is 119 cm³/mol. The van der Waals surface area contributed by atoms with Gasteiger partial charge in [0, 0.05) is 32.3 Å². The summed E-state index contributed by atoms with van der Waals surface area (Å²) in [5.74, 6) is -5.61. The first-order valence-electron chi connectivity index (χ1n) is 9.85. The number of nitrogen functional groups attached to an aromatic ring is 1. The van der Waals surface area contributed by atoms with Crippen LogP contribution in [-0.2, 0) is 0 Å². The second-order valence-corrected chi connectivity index (χ2v) is 8.47. The zero-order valence-corrected chi connectivity index (χ0v) is 18.4. The van der Waals surface area contributed by atoms with E-state index < -0.39 is 48.0 Å². The Morgan fingerprint density at radius 1 is 1.36 bits per heavy atom. The van der Waals surface area contributed by atoms with E-state index in [0.717, 1.165) is 29.7 Å². The topological polar surface area (TPSA) is 136 Å². The molecule has 0 bridgehead atoms. The van der Waals surface area contributed by atoms with Crippen molar-refractivity contribution >= 4 is 28.1 Å². The number of carbonyl (C=O) groups excluding carboxylic acids is 1. The summed E-state index contributed by atoms with van der Waals surface area (Å²) in [5, 5.41) is 2.23. The van der Waals surface area contributed by atoms with Crippen molar-refractivity contribution in [2.45, 2.75) is 24.8 Å². The number of hydrogen-bond donors (Lipinski definition) is 4. The predicted octanol–water partition coefficient (Wildman–Crippen LogP) is 2.29. The van der Waals surface area contributed by atoms with Crippen molar-refractivity contribution in [1.82, 2.24) is 15.2 Å². The maximum Gasteiger partial charge on any atom is 0.277 e. The molecule has 1 amide bonds. The van der Waals surface area contributed by atoms with Crippen LogP contribution in [0.5, 0.6) is 0 Å². The van der Waals surface area contributed by atoms with E-state index >= 15 is 0 Å².